The van der Waals surface area contributed by atoms with Crippen LogP contribution in [0.25, 0.3) is 11.3 Å². The first-order chi connectivity index (χ1) is 12.3. The Morgan fingerprint density at radius 1 is 1.04 bits per heavy atom. The number of aromatic amines is 1. The monoisotopic (exact) mass is 335 g/mol. The van der Waals surface area contributed by atoms with E-state index in [1.54, 1.807) is 12.4 Å². The zero-order valence-corrected chi connectivity index (χ0v) is 14.2. The van der Waals surface area contributed by atoms with Gasteiger partial charge in [0.25, 0.3) is 0 Å². The van der Waals surface area contributed by atoms with Crippen LogP contribution in [-0.2, 0) is 0 Å². The molecule has 4 rings (SSSR count). The fraction of sp³-hybridized carbons (Fsp3) is 0.278. The van der Waals surface area contributed by atoms with Gasteiger partial charge in [-0.15, -0.1) is 0 Å². The summed E-state index contributed by atoms with van der Waals surface area (Å²) in [6.45, 7) is 4.35. The van der Waals surface area contributed by atoms with Gasteiger partial charge in [-0.3, -0.25) is 5.10 Å². The van der Waals surface area contributed by atoms with Gasteiger partial charge in [0.1, 0.15) is 0 Å². The highest BCUT2D eigenvalue weighted by Gasteiger charge is 2.14. The molecule has 0 atom stereocenters. The lowest BCUT2D eigenvalue weighted by atomic mass is 10.2. The van der Waals surface area contributed by atoms with Gasteiger partial charge in [-0.05, 0) is 37.4 Å². The second kappa shape index (κ2) is 6.90. The standard InChI is InChI=1S/C18H21N7/c1-24-8-10-25(11-9-24)16-4-2-15(3-5-16)22-18-19-7-6-17(23-18)14-12-20-21-13-14/h2-7,12-13H,8-11H2,1H3,(H,20,21)(H,19,22,23). The molecule has 7 nitrogen and oxygen atoms in total. The lowest BCUT2D eigenvalue weighted by Crippen LogP contribution is -2.44. The van der Waals surface area contributed by atoms with Crippen LogP contribution in [0, 0.1) is 0 Å². The van der Waals surface area contributed by atoms with E-state index in [1.165, 1.54) is 5.69 Å². The van der Waals surface area contributed by atoms with Crippen molar-refractivity contribution in [1.29, 1.82) is 0 Å². The molecule has 7 heteroatoms. The fourth-order valence-corrected chi connectivity index (χ4v) is 2.92. The van der Waals surface area contributed by atoms with E-state index in [0.717, 1.165) is 43.1 Å². The van der Waals surface area contributed by atoms with E-state index < -0.39 is 0 Å². The van der Waals surface area contributed by atoms with Crippen LogP contribution in [0.2, 0.25) is 0 Å². The van der Waals surface area contributed by atoms with Gasteiger partial charge in [0.05, 0.1) is 11.9 Å². The molecule has 3 aromatic rings. The molecule has 128 valence electrons. The number of nitrogens with zero attached hydrogens (tertiary/aromatic N) is 5. The Morgan fingerprint density at radius 3 is 2.56 bits per heavy atom. The molecule has 0 saturated carbocycles. The van der Waals surface area contributed by atoms with Crippen LogP contribution in [0.15, 0.2) is 48.9 Å². The minimum atomic E-state index is 0.575. The van der Waals surface area contributed by atoms with Crippen molar-refractivity contribution >= 4 is 17.3 Å². The van der Waals surface area contributed by atoms with Crippen LogP contribution in [0.4, 0.5) is 17.3 Å². The predicted octanol–water partition coefficient (Wildman–Crippen LogP) is 2.36. The summed E-state index contributed by atoms with van der Waals surface area (Å²) in [5, 5.41) is 10.0. The molecule has 2 N–H and O–H groups in total. The van der Waals surface area contributed by atoms with Crippen molar-refractivity contribution in [3.63, 3.8) is 0 Å². The molecule has 0 spiro atoms. The molecule has 0 bridgehead atoms. The van der Waals surface area contributed by atoms with Gasteiger partial charge in [-0.2, -0.15) is 5.10 Å². The number of rotatable bonds is 4. The Bertz CT molecular complexity index is 806. The Labute approximate surface area is 146 Å². The average Bonchev–Trinajstić information content (AvgIpc) is 3.18. The zero-order valence-electron chi connectivity index (χ0n) is 14.2. The molecule has 1 fully saturated rings. The third kappa shape index (κ3) is 3.61. The summed E-state index contributed by atoms with van der Waals surface area (Å²) >= 11 is 0. The first-order valence-electron chi connectivity index (χ1n) is 8.41. The fourth-order valence-electron chi connectivity index (χ4n) is 2.92. The highest BCUT2D eigenvalue weighted by atomic mass is 15.2. The van der Waals surface area contributed by atoms with Crippen LogP contribution < -0.4 is 10.2 Å². The van der Waals surface area contributed by atoms with Crippen molar-refractivity contribution in [1.82, 2.24) is 25.1 Å². The predicted molar refractivity (Wildman–Crippen MR) is 99.0 cm³/mol. The van der Waals surface area contributed by atoms with Crippen molar-refractivity contribution < 1.29 is 0 Å². The number of likely N-dealkylation sites (N-methyl/N-ethyl adjacent to an activating group) is 1. The maximum absolute atomic E-state index is 4.53. The maximum Gasteiger partial charge on any atom is 0.227 e. The quantitative estimate of drug-likeness (QED) is 0.762. The number of benzene rings is 1. The summed E-state index contributed by atoms with van der Waals surface area (Å²) in [6, 6.07) is 10.3. The molecule has 1 aliphatic heterocycles. The minimum Gasteiger partial charge on any atom is -0.369 e. The molecular weight excluding hydrogens is 314 g/mol. The highest BCUT2D eigenvalue weighted by molar-refractivity contribution is 5.62. The Kier molecular flexibility index (Phi) is 4.30. The van der Waals surface area contributed by atoms with Gasteiger partial charge in [0.2, 0.25) is 5.95 Å². The summed E-state index contributed by atoms with van der Waals surface area (Å²) in [4.78, 5) is 13.6. The summed E-state index contributed by atoms with van der Waals surface area (Å²) in [5.74, 6) is 0.575. The van der Waals surface area contributed by atoms with Gasteiger partial charge in [-0.25, -0.2) is 9.97 Å². The van der Waals surface area contributed by atoms with Crippen molar-refractivity contribution in [3.8, 4) is 11.3 Å². The van der Waals surface area contributed by atoms with Gasteiger partial charge < -0.3 is 15.1 Å². The van der Waals surface area contributed by atoms with Gasteiger partial charge in [0, 0.05) is 55.5 Å². The SMILES string of the molecule is CN1CCN(c2ccc(Nc3nccc(-c4cn[nH]c4)n3)cc2)CC1. The number of aromatic nitrogens is 4. The summed E-state index contributed by atoms with van der Waals surface area (Å²) in [5.41, 5.74) is 4.00. The second-order valence-corrected chi connectivity index (χ2v) is 6.21. The van der Waals surface area contributed by atoms with Gasteiger partial charge in [0.15, 0.2) is 0 Å². The third-order valence-electron chi connectivity index (χ3n) is 4.44. The molecular formula is C18H21N7. The van der Waals surface area contributed by atoms with Gasteiger partial charge >= 0.3 is 0 Å². The van der Waals surface area contributed by atoms with Crippen LogP contribution in [-0.4, -0.2) is 58.3 Å². The molecule has 3 heterocycles. The highest BCUT2D eigenvalue weighted by Crippen LogP contribution is 2.22. The lowest BCUT2D eigenvalue weighted by molar-refractivity contribution is 0.313. The molecule has 1 saturated heterocycles. The molecule has 1 aromatic carbocycles. The maximum atomic E-state index is 4.53. The lowest BCUT2D eigenvalue weighted by Gasteiger charge is -2.34. The van der Waals surface area contributed by atoms with Gasteiger partial charge in [-0.1, -0.05) is 0 Å². The van der Waals surface area contributed by atoms with E-state index in [9.17, 15) is 0 Å². The molecule has 2 aromatic heterocycles. The van der Waals surface area contributed by atoms with E-state index in [1.807, 2.05) is 12.3 Å². The minimum absolute atomic E-state index is 0.575. The summed E-state index contributed by atoms with van der Waals surface area (Å²) < 4.78 is 0. The van der Waals surface area contributed by atoms with Crippen molar-refractivity contribution in [3.05, 3.63) is 48.9 Å². The number of hydrogen-bond acceptors (Lipinski definition) is 6. The van der Waals surface area contributed by atoms with E-state index in [-0.39, 0.29) is 0 Å². The normalized spacial score (nSPS) is 15.3. The number of piperazine rings is 1. The largest absolute Gasteiger partial charge is 0.369 e. The first kappa shape index (κ1) is 15.6. The van der Waals surface area contributed by atoms with Crippen LogP contribution in [0.5, 0.6) is 0 Å². The summed E-state index contributed by atoms with van der Waals surface area (Å²) in [7, 11) is 2.17. The Morgan fingerprint density at radius 2 is 1.84 bits per heavy atom. The van der Waals surface area contributed by atoms with Crippen molar-refractivity contribution in [2.75, 3.05) is 43.4 Å². The van der Waals surface area contributed by atoms with E-state index in [4.69, 9.17) is 0 Å². The Hall–Kier alpha value is -2.93. The van der Waals surface area contributed by atoms with Crippen LogP contribution >= 0.6 is 0 Å². The third-order valence-corrected chi connectivity index (χ3v) is 4.44. The first-order valence-corrected chi connectivity index (χ1v) is 8.41. The van der Waals surface area contributed by atoms with Crippen LogP contribution in [0.1, 0.15) is 0 Å². The topological polar surface area (TPSA) is 73.0 Å². The molecule has 0 aliphatic carbocycles. The van der Waals surface area contributed by atoms with Crippen molar-refractivity contribution in [2.45, 2.75) is 0 Å². The zero-order chi connectivity index (χ0) is 17.1. The Balaban J connectivity index is 1.45. The number of hydrogen-bond donors (Lipinski definition) is 2. The summed E-state index contributed by atoms with van der Waals surface area (Å²) in [6.07, 6.45) is 5.31. The molecule has 0 unspecified atom stereocenters. The number of H-pyrrole nitrogens is 1. The molecule has 0 amide bonds. The van der Waals surface area contributed by atoms with Crippen LogP contribution in [0.3, 0.4) is 0 Å². The number of nitrogens with one attached hydrogen (secondary N) is 2. The average molecular weight is 335 g/mol. The van der Waals surface area contributed by atoms with E-state index >= 15 is 0 Å². The van der Waals surface area contributed by atoms with E-state index in [2.05, 4.69) is 66.6 Å². The van der Waals surface area contributed by atoms with E-state index in [0.29, 0.717) is 5.95 Å². The number of anilines is 3. The van der Waals surface area contributed by atoms with Crippen molar-refractivity contribution in [2.24, 2.45) is 0 Å². The smallest absolute Gasteiger partial charge is 0.227 e. The molecule has 25 heavy (non-hydrogen) atoms. The second-order valence-electron chi connectivity index (χ2n) is 6.21. The molecule has 1 aliphatic rings. The molecule has 0 radical (unpaired) electrons.